The first kappa shape index (κ1) is 34.4. The van der Waals surface area contributed by atoms with Crippen molar-refractivity contribution in [2.45, 2.75) is 89.2 Å². The van der Waals surface area contributed by atoms with Gasteiger partial charge >= 0.3 is 5.97 Å². The van der Waals surface area contributed by atoms with Gasteiger partial charge < -0.3 is 29.7 Å². The zero-order valence-corrected chi connectivity index (χ0v) is 26.9. The summed E-state index contributed by atoms with van der Waals surface area (Å²) >= 11 is 0. The summed E-state index contributed by atoms with van der Waals surface area (Å²) < 4.78 is 12.7. The zero-order valence-electron chi connectivity index (χ0n) is 26.9. The lowest BCUT2D eigenvalue weighted by Crippen LogP contribution is -2.59. The number of allylic oxidation sites excluding steroid dienone is 1. The number of rotatable bonds is 17. The van der Waals surface area contributed by atoms with Crippen molar-refractivity contribution in [3.05, 3.63) is 61.2 Å². The van der Waals surface area contributed by atoms with Crippen LogP contribution >= 0.6 is 0 Å². The van der Waals surface area contributed by atoms with E-state index in [1.807, 2.05) is 51.1 Å². The van der Waals surface area contributed by atoms with Gasteiger partial charge in [-0.1, -0.05) is 69.7 Å². The fraction of sp³-hybridized carbons (Fsp3) is 0.600. The number of benzene rings is 1. The number of likely N-dealkylation sites (tertiary alicyclic amines) is 1. The Morgan fingerprint density at radius 3 is 2.58 bits per heavy atom. The number of aliphatic hydroxyl groups is 1. The number of aliphatic hydroxyl groups excluding tert-OH is 1. The zero-order chi connectivity index (χ0) is 32.7. The quantitative estimate of drug-likeness (QED) is 0.201. The lowest BCUT2D eigenvalue weighted by atomic mass is 9.70. The topological polar surface area (TPSA) is 125 Å². The molecule has 10 nitrogen and oxygen atoms in total. The maximum Gasteiger partial charge on any atom is 0.313 e. The third kappa shape index (κ3) is 6.87. The number of hydrogen-bond donors (Lipinski definition) is 2. The van der Waals surface area contributed by atoms with Crippen LogP contribution in [0.25, 0.3) is 0 Å². The Morgan fingerprint density at radius 2 is 1.96 bits per heavy atom. The van der Waals surface area contributed by atoms with Gasteiger partial charge in [-0.15, -0.1) is 13.2 Å². The Bertz CT molecular complexity index is 1240. The number of carbonyl (C=O) groups is 4. The normalized spacial score (nSPS) is 26.3. The van der Waals surface area contributed by atoms with E-state index in [1.165, 1.54) is 4.90 Å². The Hall–Kier alpha value is -3.50. The molecule has 0 saturated carbocycles. The summed E-state index contributed by atoms with van der Waals surface area (Å²) in [6.45, 7) is 13.9. The molecule has 2 N–H and O–H groups in total. The van der Waals surface area contributed by atoms with Gasteiger partial charge in [-0.25, -0.2) is 0 Å². The molecule has 3 saturated heterocycles. The minimum atomic E-state index is -1.21. The standard InChI is InChI=1S/C35H49N3O7/c1-6-9-16-28(40)36-21-27(24-14-12-11-13-15-24)44-34(43)29-26-17-18-35(45-26)30(29)32(41)38(25(22-39)23(4)5)31(35)33(42)37(19-8-3)20-10-7-2/h6,8,11-15,23,25-27,29-31,39H,1,3,7,9-10,16-22H2,2,4-5H3,(H,36,40)/t25-,26-,27+,29+,30+,31-,35+/m0/s1. The van der Waals surface area contributed by atoms with Crippen molar-refractivity contribution in [2.75, 3.05) is 26.2 Å². The van der Waals surface area contributed by atoms with Gasteiger partial charge in [0, 0.05) is 19.5 Å². The number of nitrogens with one attached hydrogen (secondary N) is 1. The summed E-state index contributed by atoms with van der Waals surface area (Å²) in [7, 11) is 0. The highest BCUT2D eigenvalue weighted by Gasteiger charge is 2.75. The van der Waals surface area contributed by atoms with Crippen LogP contribution in [0.1, 0.15) is 71.0 Å². The van der Waals surface area contributed by atoms with Crippen LogP contribution in [0, 0.1) is 17.8 Å². The second kappa shape index (κ2) is 15.2. The second-order valence-electron chi connectivity index (χ2n) is 12.7. The van der Waals surface area contributed by atoms with Gasteiger partial charge in [-0.2, -0.15) is 0 Å². The average molecular weight is 624 g/mol. The van der Waals surface area contributed by atoms with E-state index in [2.05, 4.69) is 18.5 Å². The second-order valence-corrected chi connectivity index (χ2v) is 12.7. The van der Waals surface area contributed by atoms with Crippen molar-refractivity contribution in [1.29, 1.82) is 0 Å². The van der Waals surface area contributed by atoms with Crippen LogP contribution in [0.15, 0.2) is 55.6 Å². The minimum Gasteiger partial charge on any atom is -0.455 e. The molecule has 0 aromatic heterocycles. The van der Waals surface area contributed by atoms with Crippen LogP contribution in [0.5, 0.6) is 0 Å². The van der Waals surface area contributed by atoms with Crippen molar-refractivity contribution < 1.29 is 33.8 Å². The van der Waals surface area contributed by atoms with E-state index < -0.39 is 47.7 Å². The highest BCUT2D eigenvalue weighted by molar-refractivity contribution is 5.98. The number of carbonyl (C=O) groups excluding carboxylic acids is 4. The number of fused-ring (bicyclic) bond motifs is 1. The van der Waals surface area contributed by atoms with Gasteiger partial charge in [0.2, 0.25) is 17.7 Å². The molecule has 4 rings (SSSR count). The van der Waals surface area contributed by atoms with Crippen LogP contribution in [-0.4, -0.2) is 88.6 Å². The van der Waals surface area contributed by atoms with Gasteiger partial charge in [-0.3, -0.25) is 19.2 Å². The molecule has 2 bridgehead atoms. The monoisotopic (exact) mass is 623 g/mol. The van der Waals surface area contributed by atoms with Crippen molar-refractivity contribution in [1.82, 2.24) is 15.1 Å². The molecular formula is C35H49N3O7. The summed E-state index contributed by atoms with van der Waals surface area (Å²) in [6, 6.07) is 7.53. The molecule has 10 heteroatoms. The smallest absolute Gasteiger partial charge is 0.313 e. The van der Waals surface area contributed by atoms with Crippen LogP contribution in [-0.2, 0) is 28.7 Å². The number of nitrogens with zero attached hydrogens (tertiary/aromatic N) is 2. The average Bonchev–Trinajstić information content (AvgIpc) is 3.68. The third-order valence-corrected chi connectivity index (χ3v) is 9.49. The Balaban J connectivity index is 1.67. The number of amides is 3. The number of esters is 1. The molecule has 1 spiro atoms. The molecule has 0 radical (unpaired) electrons. The van der Waals surface area contributed by atoms with E-state index in [1.54, 1.807) is 17.1 Å². The molecule has 3 heterocycles. The SMILES string of the molecule is C=CCCC(=O)NC[C@@H](OC(=O)[C@@H]1[C@@H]2CC[C@]3(O2)[C@H](C(=O)N(CC=C)CCCC)N([C@@H](CO)C(C)C)C(=O)[C@@H]13)c1ccccc1. The minimum absolute atomic E-state index is 0.0643. The summed E-state index contributed by atoms with van der Waals surface area (Å²) in [4.78, 5) is 58.5. The van der Waals surface area contributed by atoms with E-state index in [-0.39, 0.29) is 43.2 Å². The molecule has 1 aromatic rings. The molecule has 3 aliphatic rings. The van der Waals surface area contributed by atoms with Crippen molar-refractivity contribution in [2.24, 2.45) is 17.8 Å². The van der Waals surface area contributed by atoms with Crippen LogP contribution < -0.4 is 5.32 Å². The van der Waals surface area contributed by atoms with Crippen molar-refractivity contribution >= 4 is 23.7 Å². The molecule has 1 aromatic carbocycles. The lowest BCUT2D eigenvalue weighted by molar-refractivity contribution is -0.161. The van der Waals surface area contributed by atoms with Crippen LogP contribution in [0.3, 0.4) is 0 Å². The van der Waals surface area contributed by atoms with Gasteiger partial charge in [-0.05, 0) is 37.2 Å². The van der Waals surface area contributed by atoms with E-state index in [0.717, 1.165) is 12.8 Å². The molecule has 0 aliphatic carbocycles. The van der Waals surface area contributed by atoms with E-state index >= 15 is 0 Å². The van der Waals surface area contributed by atoms with E-state index in [9.17, 15) is 24.3 Å². The number of hydrogen-bond acceptors (Lipinski definition) is 7. The fourth-order valence-electron chi connectivity index (χ4n) is 7.23. The molecule has 0 unspecified atom stereocenters. The number of unbranched alkanes of at least 4 members (excludes halogenated alkanes) is 1. The van der Waals surface area contributed by atoms with Crippen LogP contribution in [0.4, 0.5) is 0 Å². The summed E-state index contributed by atoms with van der Waals surface area (Å²) in [5.74, 6) is -3.41. The molecule has 246 valence electrons. The van der Waals surface area contributed by atoms with Gasteiger partial charge in [0.25, 0.3) is 0 Å². The maximum atomic E-state index is 14.4. The van der Waals surface area contributed by atoms with E-state index in [4.69, 9.17) is 9.47 Å². The van der Waals surface area contributed by atoms with Crippen molar-refractivity contribution in [3.63, 3.8) is 0 Å². The first-order valence-corrected chi connectivity index (χ1v) is 16.3. The summed E-state index contributed by atoms with van der Waals surface area (Å²) in [6.07, 6.45) is 5.37. The Labute approximate surface area is 266 Å². The number of ether oxygens (including phenoxy) is 2. The van der Waals surface area contributed by atoms with Crippen molar-refractivity contribution in [3.8, 4) is 0 Å². The van der Waals surface area contributed by atoms with Gasteiger partial charge in [0.1, 0.15) is 17.7 Å². The predicted octanol–water partition coefficient (Wildman–Crippen LogP) is 3.56. The van der Waals surface area contributed by atoms with Gasteiger partial charge in [0.05, 0.1) is 37.1 Å². The molecular weight excluding hydrogens is 574 g/mol. The molecule has 7 atom stereocenters. The van der Waals surface area contributed by atoms with Crippen LogP contribution in [0.2, 0.25) is 0 Å². The Kier molecular flexibility index (Phi) is 11.6. The summed E-state index contributed by atoms with van der Waals surface area (Å²) in [5, 5.41) is 13.3. The third-order valence-electron chi connectivity index (χ3n) is 9.49. The lowest BCUT2D eigenvalue weighted by Gasteiger charge is -2.40. The highest BCUT2D eigenvalue weighted by Crippen LogP contribution is 2.59. The maximum absolute atomic E-state index is 14.4. The summed E-state index contributed by atoms with van der Waals surface area (Å²) in [5.41, 5.74) is -0.505. The molecule has 3 fully saturated rings. The van der Waals surface area contributed by atoms with Gasteiger partial charge in [0.15, 0.2) is 0 Å². The van der Waals surface area contributed by atoms with E-state index in [0.29, 0.717) is 37.9 Å². The first-order valence-electron chi connectivity index (χ1n) is 16.3. The molecule has 3 amide bonds. The Morgan fingerprint density at radius 1 is 1.22 bits per heavy atom. The first-order chi connectivity index (χ1) is 21.6. The molecule has 45 heavy (non-hydrogen) atoms. The molecule has 3 aliphatic heterocycles. The highest BCUT2D eigenvalue weighted by atomic mass is 16.6. The fourth-order valence-corrected chi connectivity index (χ4v) is 7.23. The largest absolute Gasteiger partial charge is 0.455 e. The predicted molar refractivity (Wildman–Crippen MR) is 170 cm³/mol.